The second kappa shape index (κ2) is 2.68. The van der Waals surface area contributed by atoms with Crippen LogP contribution >= 0.6 is 11.1 Å². The van der Waals surface area contributed by atoms with Crippen LogP contribution < -0.4 is 4.65 Å². The lowest BCUT2D eigenvalue weighted by molar-refractivity contribution is 0.777. The van der Waals surface area contributed by atoms with Crippen LogP contribution in [0.3, 0.4) is 0 Å². The van der Waals surface area contributed by atoms with Crippen LogP contribution in [0.2, 0.25) is 39.3 Å². The number of nitrogens with zero attached hydrogens (tertiary/aromatic N) is 1. The van der Waals surface area contributed by atoms with Gasteiger partial charge in [0.2, 0.25) is 7.55 Å². The first-order valence-electron chi connectivity index (χ1n) is 4.36. The summed E-state index contributed by atoms with van der Waals surface area (Å²) < 4.78 is 6.46. The normalized spacial score (nSPS) is 28.2. The van der Waals surface area contributed by atoms with Gasteiger partial charge in [-0.3, -0.25) is 0 Å². The summed E-state index contributed by atoms with van der Waals surface area (Å²) >= 11 is 6.50. The van der Waals surface area contributed by atoms with E-state index < -0.39 is 24.3 Å². The standard InChI is InChI=1S/C6H19ClN2Si3/c1-10(2,7)9-11(3,4)8-12(9,5)6/h8H,1-6H3. The third-order valence-corrected chi connectivity index (χ3v) is 21.9. The summed E-state index contributed by atoms with van der Waals surface area (Å²) in [5, 5.41) is 0. The molecule has 1 aliphatic heterocycles. The van der Waals surface area contributed by atoms with Crippen LogP contribution in [0.25, 0.3) is 0 Å². The predicted molar refractivity (Wildman–Crippen MR) is 63.3 cm³/mol. The third-order valence-electron chi connectivity index (χ3n) is 2.26. The maximum Gasteiger partial charge on any atom is 0.212 e. The van der Waals surface area contributed by atoms with Crippen molar-refractivity contribution in [1.29, 1.82) is 0 Å². The fourth-order valence-electron chi connectivity index (χ4n) is 2.84. The number of rotatable bonds is 1. The van der Waals surface area contributed by atoms with E-state index in [0.717, 1.165) is 0 Å². The zero-order valence-corrected chi connectivity index (χ0v) is 12.6. The molecule has 6 heteroatoms. The Bertz CT molecular complexity index is 171. The molecule has 0 unspecified atom stereocenters. The van der Waals surface area contributed by atoms with Crippen LogP contribution in [0, 0.1) is 0 Å². The summed E-state index contributed by atoms with van der Waals surface area (Å²) in [5.74, 6) is 0. The molecule has 12 heavy (non-hydrogen) atoms. The Morgan fingerprint density at radius 1 is 1.08 bits per heavy atom. The second-order valence-electron chi connectivity index (χ2n) is 4.99. The van der Waals surface area contributed by atoms with Gasteiger partial charge in [0.05, 0.1) is 0 Å². The molecule has 0 spiro atoms. The summed E-state index contributed by atoms with van der Waals surface area (Å²) in [4.78, 5) is 0. The van der Waals surface area contributed by atoms with Gasteiger partial charge in [-0.05, 0) is 39.3 Å². The van der Waals surface area contributed by atoms with Crippen LogP contribution in [-0.2, 0) is 0 Å². The molecule has 0 bridgehead atoms. The van der Waals surface area contributed by atoms with Gasteiger partial charge in [0, 0.05) is 0 Å². The lowest BCUT2D eigenvalue weighted by Gasteiger charge is -2.63. The number of nitrogens with one attached hydrogen (secondary N) is 1. The first-order valence-corrected chi connectivity index (χ1v) is 14.2. The number of hydrogen-bond donors (Lipinski definition) is 1. The Morgan fingerprint density at radius 2 is 1.42 bits per heavy atom. The fraction of sp³-hybridized carbons (Fsp3) is 1.00. The van der Waals surface area contributed by atoms with Gasteiger partial charge in [-0.2, -0.15) is 0 Å². The van der Waals surface area contributed by atoms with E-state index in [0.29, 0.717) is 0 Å². The molecule has 1 heterocycles. The monoisotopic (exact) mass is 238 g/mol. The SMILES string of the molecule is C[Si](C)(Cl)N1[Si](C)(C)N[Si]1(C)C. The molecule has 1 saturated heterocycles. The Balaban J connectivity index is 2.87. The van der Waals surface area contributed by atoms with Crippen LogP contribution in [0.1, 0.15) is 0 Å². The lowest BCUT2D eigenvalue weighted by Crippen LogP contribution is -2.92. The highest BCUT2D eigenvalue weighted by atomic mass is 35.6. The van der Waals surface area contributed by atoms with Crippen LogP contribution in [-0.4, -0.2) is 28.2 Å². The summed E-state index contributed by atoms with van der Waals surface area (Å²) in [6.45, 7) is 13.9. The molecule has 72 valence electrons. The smallest absolute Gasteiger partial charge is 0.212 e. The molecule has 0 saturated carbocycles. The first-order chi connectivity index (χ1) is 5.07. The molecule has 0 amide bonds. The first kappa shape index (κ1) is 10.9. The number of halogens is 1. The third kappa shape index (κ3) is 1.71. The van der Waals surface area contributed by atoms with Crippen molar-refractivity contribution < 1.29 is 0 Å². The van der Waals surface area contributed by atoms with Crippen molar-refractivity contribution >= 4 is 35.4 Å². The maximum atomic E-state index is 6.50. The topological polar surface area (TPSA) is 15.3 Å². The van der Waals surface area contributed by atoms with Crippen LogP contribution in [0.5, 0.6) is 0 Å². The van der Waals surface area contributed by atoms with E-state index >= 15 is 0 Å². The van der Waals surface area contributed by atoms with E-state index in [9.17, 15) is 0 Å². The van der Waals surface area contributed by atoms with E-state index in [1.165, 1.54) is 0 Å². The van der Waals surface area contributed by atoms with Gasteiger partial charge < -0.3 is 8.54 Å². The molecular weight excluding hydrogens is 220 g/mol. The maximum absolute atomic E-state index is 6.50. The molecule has 1 aliphatic rings. The minimum Gasteiger partial charge on any atom is -0.337 e. The zero-order chi connectivity index (χ0) is 9.78. The van der Waals surface area contributed by atoms with Gasteiger partial charge in [-0.15, -0.1) is 11.1 Å². The van der Waals surface area contributed by atoms with Crippen molar-refractivity contribution in [1.82, 2.24) is 8.54 Å². The molecule has 0 aromatic carbocycles. The molecule has 0 radical (unpaired) electrons. The van der Waals surface area contributed by atoms with Gasteiger partial charge >= 0.3 is 0 Å². The van der Waals surface area contributed by atoms with Gasteiger partial charge in [-0.25, -0.2) is 0 Å². The highest BCUT2D eigenvalue weighted by Gasteiger charge is 2.59. The van der Waals surface area contributed by atoms with Crippen molar-refractivity contribution in [2.24, 2.45) is 0 Å². The van der Waals surface area contributed by atoms with Crippen molar-refractivity contribution in [2.75, 3.05) is 0 Å². The van der Waals surface area contributed by atoms with Gasteiger partial charge in [0.15, 0.2) is 16.8 Å². The molecule has 2 nitrogen and oxygen atoms in total. The van der Waals surface area contributed by atoms with Crippen molar-refractivity contribution in [3.8, 4) is 0 Å². The average Bonchev–Trinajstić information content (AvgIpc) is 1.48. The molecule has 1 rings (SSSR count). The molecule has 0 aromatic rings. The van der Waals surface area contributed by atoms with Crippen LogP contribution in [0.15, 0.2) is 0 Å². The molecule has 0 aliphatic carbocycles. The summed E-state index contributed by atoms with van der Waals surface area (Å²) in [6.07, 6.45) is 0. The van der Waals surface area contributed by atoms with E-state index in [-0.39, 0.29) is 0 Å². The molecule has 1 fully saturated rings. The Morgan fingerprint density at radius 3 is 1.50 bits per heavy atom. The summed E-state index contributed by atoms with van der Waals surface area (Å²) in [6, 6.07) is 0. The Kier molecular flexibility index (Phi) is 2.44. The van der Waals surface area contributed by atoms with E-state index in [4.69, 9.17) is 11.1 Å². The molecule has 0 atom stereocenters. The lowest BCUT2D eigenvalue weighted by atomic mass is 11.9. The van der Waals surface area contributed by atoms with Crippen molar-refractivity contribution in [3.63, 3.8) is 0 Å². The van der Waals surface area contributed by atoms with E-state index in [1.54, 1.807) is 0 Å². The number of hydrogen-bond acceptors (Lipinski definition) is 2. The summed E-state index contributed by atoms with van der Waals surface area (Å²) in [7, 11) is -4.13. The van der Waals surface area contributed by atoms with Crippen LogP contribution in [0.4, 0.5) is 0 Å². The summed E-state index contributed by atoms with van der Waals surface area (Å²) in [5.41, 5.74) is 0. The quantitative estimate of drug-likeness (QED) is 0.557. The zero-order valence-electron chi connectivity index (χ0n) is 8.83. The molecule has 1 N–H and O–H groups in total. The van der Waals surface area contributed by atoms with Crippen molar-refractivity contribution in [2.45, 2.75) is 39.3 Å². The van der Waals surface area contributed by atoms with Gasteiger partial charge in [0.1, 0.15) is 0 Å². The van der Waals surface area contributed by atoms with Gasteiger partial charge in [-0.1, -0.05) is 0 Å². The minimum absolute atomic E-state index is 1.28. The minimum atomic E-state index is -1.58. The molecular formula is C6H19ClN2Si3. The van der Waals surface area contributed by atoms with E-state index in [2.05, 4.69) is 47.8 Å². The Labute approximate surface area is 83.4 Å². The largest absolute Gasteiger partial charge is 0.337 e. The Hall–Kier alpha value is 0.861. The average molecular weight is 239 g/mol. The van der Waals surface area contributed by atoms with Gasteiger partial charge in [0.25, 0.3) is 0 Å². The van der Waals surface area contributed by atoms with E-state index in [1.807, 2.05) is 0 Å². The van der Waals surface area contributed by atoms with Crippen molar-refractivity contribution in [3.05, 3.63) is 0 Å². The molecule has 0 aromatic heterocycles. The highest BCUT2D eigenvalue weighted by Crippen LogP contribution is 2.34. The predicted octanol–water partition coefficient (Wildman–Crippen LogP) is 2.24. The fourth-order valence-corrected chi connectivity index (χ4v) is 30.3. The highest BCUT2D eigenvalue weighted by molar-refractivity contribution is 7.28. The second-order valence-corrected chi connectivity index (χ2v) is 20.5.